The Bertz CT molecular complexity index is 439. The number of nitrogens with one attached hydrogen (secondary N) is 1. The van der Waals surface area contributed by atoms with Gasteiger partial charge in [0.1, 0.15) is 11.3 Å². The lowest BCUT2D eigenvalue weighted by Crippen LogP contribution is -2.44. The topological polar surface area (TPSA) is 45.0 Å². The lowest BCUT2D eigenvalue weighted by Gasteiger charge is -2.26. The van der Waals surface area contributed by atoms with Gasteiger partial charge in [0.2, 0.25) is 0 Å². The number of aryl methyl sites for hydroxylation is 1. The molecule has 3 nitrogen and oxygen atoms in total. The van der Waals surface area contributed by atoms with Crippen molar-refractivity contribution in [1.29, 1.82) is 5.26 Å². The molecular formula is C17H26N2O. The number of ether oxygens (including phenoxy) is 1. The molecule has 1 atom stereocenters. The maximum absolute atomic E-state index is 9.40. The Morgan fingerprint density at radius 3 is 2.75 bits per heavy atom. The zero-order valence-corrected chi connectivity index (χ0v) is 12.9. The number of rotatable bonds is 9. The minimum Gasteiger partial charge on any atom is -0.494 e. The molecule has 0 radical (unpaired) electrons. The summed E-state index contributed by atoms with van der Waals surface area (Å²) in [6.45, 7) is 7.78. The van der Waals surface area contributed by atoms with E-state index in [2.05, 4.69) is 38.2 Å². The van der Waals surface area contributed by atoms with Crippen LogP contribution in [0.15, 0.2) is 24.3 Å². The van der Waals surface area contributed by atoms with Gasteiger partial charge in [-0.05, 0) is 56.8 Å². The van der Waals surface area contributed by atoms with E-state index in [0.717, 1.165) is 38.0 Å². The highest BCUT2D eigenvalue weighted by atomic mass is 16.5. The molecule has 20 heavy (non-hydrogen) atoms. The molecule has 0 saturated carbocycles. The van der Waals surface area contributed by atoms with Crippen LogP contribution in [0.4, 0.5) is 0 Å². The van der Waals surface area contributed by atoms with Crippen LogP contribution in [0, 0.1) is 18.3 Å². The number of nitrogens with zero attached hydrogens (tertiary/aromatic N) is 1. The summed E-state index contributed by atoms with van der Waals surface area (Å²) in [4.78, 5) is 0. The van der Waals surface area contributed by atoms with Crippen molar-refractivity contribution in [3.63, 3.8) is 0 Å². The Labute approximate surface area is 123 Å². The first-order valence-electron chi connectivity index (χ1n) is 7.51. The third kappa shape index (κ3) is 5.22. The Morgan fingerprint density at radius 1 is 1.35 bits per heavy atom. The van der Waals surface area contributed by atoms with Crippen LogP contribution < -0.4 is 10.1 Å². The average Bonchev–Trinajstić information content (AvgIpc) is 2.47. The van der Waals surface area contributed by atoms with Gasteiger partial charge in [0.15, 0.2) is 0 Å². The fourth-order valence-electron chi connectivity index (χ4n) is 2.20. The standard InChI is InChI=1S/C17H26N2O/c1-4-11-19-17(5-2,14-18)10-7-12-20-16-9-6-8-15(3)13-16/h6,8-9,13,19H,4-5,7,10-12H2,1-3H3. The molecule has 0 aromatic heterocycles. The van der Waals surface area contributed by atoms with Crippen molar-refractivity contribution >= 4 is 0 Å². The molecule has 0 spiro atoms. The summed E-state index contributed by atoms with van der Waals surface area (Å²) < 4.78 is 5.74. The van der Waals surface area contributed by atoms with E-state index in [0.29, 0.717) is 6.61 Å². The van der Waals surface area contributed by atoms with E-state index < -0.39 is 5.54 Å². The van der Waals surface area contributed by atoms with Crippen LogP contribution in [0.25, 0.3) is 0 Å². The molecule has 1 aromatic carbocycles. The maximum Gasteiger partial charge on any atom is 0.119 e. The Balaban J connectivity index is 2.39. The number of hydrogen-bond acceptors (Lipinski definition) is 3. The highest BCUT2D eigenvalue weighted by Gasteiger charge is 2.26. The molecule has 3 heteroatoms. The fourth-order valence-corrected chi connectivity index (χ4v) is 2.20. The molecule has 0 fully saturated rings. The van der Waals surface area contributed by atoms with Crippen LogP contribution in [0.1, 0.15) is 45.1 Å². The van der Waals surface area contributed by atoms with E-state index in [1.54, 1.807) is 0 Å². The van der Waals surface area contributed by atoms with Gasteiger partial charge in [0, 0.05) is 0 Å². The monoisotopic (exact) mass is 274 g/mol. The first kappa shape index (κ1) is 16.5. The van der Waals surface area contributed by atoms with Crippen molar-refractivity contribution in [3.05, 3.63) is 29.8 Å². The third-order valence-electron chi connectivity index (χ3n) is 3.54. The molecule has 1 N–H and O–H groups in total. The molecule has 0 heterocycles. The average molecular weight is 274 g/mol. The molecule has 0 saturated heterocycles. The van der Waals surface area contributed by atoms with Crippen molar-refractivity contribution in [2.75, 3.05) is 13.2 Å². The lowest BCUT2D eigenvalue weighted by atomic mass is 9.92. The van der Waals surface area contributed by atoms with Gasteiger partial charge in [0.05, 0.1) is 12.7 Å². The van der Waals surface area contributed by atoms with Crippen LogP contribution >= 0.6 is 0 Å². The van der Waals surface area contributed by atoms with Gasteiger partial charge < -0.3 is 4.74 Å². The molecule has 0 bridgehead atoms. The quantitative estimate of drug-likeness (QED) is 0.696. The van der Waals surface area contributed by atoms with Gasteiger partial charge in [-0.2, -0.15) is 5.26 Å². The molecule has 0 amide bonds. The van der Waals surface area contributed by atoms with Crippen LogP contribution in [-0.4, -0.2) is 18.7 Å². The molecule has 1 aromatic rings. The van der Waals surface area contributed by atoms with Crippen molar-refractivity contribution in [2.24, 2.45) is 0 Å². The molecule has 1 rings (SSSR count). The zero-order chi connectivity index (χ0) is 14.8. The number of benzene rings is 1. The summed E-state index contributed by atoms with van der Waals surface area (Å²) in [7, 11) is 0. The second kappa shape index (κ2) is 8.60. The summed E-state index contributed by atoms with van der Waals surface area (Å²) >= 11 is 0. The first-order valence-corrected chi connectivity index (χ1v) is 7.51. The van der Waals surface area contributed by atoms with Crippen molar-refractivity contribution in [1.82, 2.24) is 5.32 Å². The van der Waals surface area contributed by atoms with E-state index >= 15 is 0 Å². The number of nitriles is 1. The van der Waals surface area contributed by atoms with Gasteiger partial charge in [-0.3, -0.25) is 5.32 Å². The van der Waals surface area contributed by atoms with Crippen LogP contribution in [0.3, 0.4) is 0 Å². The summed E-state index contributed by atoms with van der Waals surface area (Å²) in [6.07, 6.45) is 3.58. The molecule has 0 aliphatic carbocycles. The second-order valence-corrected chi connectivity index (χ2v) is 5.24. The van der Waals surface area contributed by atoms with E-state index in [9.17, 15) is 5.26 Å². The van der Waals surface area contributed by atoms with Crippen LogP contribution in [-0.2, 0) is 0 Å². The third-order valence-corrected chi connectivity index (χ3v) is 3.54. The highest BCUT2D eigenvalue weighted by molar-refractivity contribution is 5.27. The van der Waals surface area contributed by atoms with Gasteiger partial charge in [-0.25, -0.2) is 0 Å². The lowest BCUT2D eigenvalue weighted by molar-refractivity contribution is 0.276. The van der Waals surface area contributed by atoms with Crippen molar-refractivity contribution < 1.29 is 4.74 Å². The Morgan fingerprint density at radius 2 is 2.15 bits per heavy atom. The van der Waals surface area contributed by atoms with Crippen LogP contribution in [0.2, 0.25) is 0 Å². The summed E-state index contributed by atoms with van der Waals surface area (Å²) in [5.41, 5.74) is 0.804. The van der Waals surface area contributed by atoms with E-state index in [4.69, 9.17) is 4.74 Å². The van der Waals surface area contributed by atoms with Gasteiger partial charge >= 0.3 is 0 Å². The van der Waals surface area contributed by atoms with Gasteiger partial charge in [0.25, 0.3) is 0 Å². The summed E-state index contributed by atoms with van der Waals surface area (Å²) in [6, 6.07) is 10.5. The fraction of sp³-hybridized carbons (Fsp3) is 0.588. The Hall–Kier alpha value is -1.53. The maximum atomic E-state index is 9.40. The SMILES string of the molecule is CCCNC(C#N)(CC)CCCOc1cccc(C)c1. The predicted molar refractivity (Wildman–Crippen MR) is 82.8 cm³/mol. The molecular weight excluding hydrogens is 248 g/mol. The van der Waals surface area contributed by atoms with Crippen molar-refractivity contribution in [2.45, 2.75) is 52.0 Å². The van der Waals surface area contributed by atoms with Crippen molar-refractivity contribution in [3.8, 4) is 11.8 Å². The summed E-state index contributed by atoms with van der Waals surface area (Å²) in [5, 5.41) is 12.8. The minimum atomic E-state index is -0.397. The normalized spacial score (nSPS) is 13.5. The first-order chi connectivity index (χ1) is 9.65. The largest absolute Gasteiger partial charge is 0.494 e. The molecule has 1 unspecified atom stereocenters. The van der Waals surface area contributed by atoms with Gasteiger partial charge in [-0.1, -0.05) is 26.0 Å². The smallest absolute Gasteiger partial charge is 0.119 e. The van der Waals surface area contributed by atoms with E-state index in [-0.39, 0.29) is 0 Å². The predicted octanol–water partition coefficient (Wildman–Crippen LogP) is 3.83. The second-order valence-electron chi connectivity index (χ2n) is 5.24. The van der Waals surface area contributed by atoms with Crippen LogP contribution in [0.5, 0.6) is 5.75 Å². The summed E-state index contributed by atoms with van der Waals surface area (Å²) in [5.74, 6) is 0.908. The minimum absolute atomic E-state index is 0.397. The molecule has 110 valence electrons. The van der Waals surface area contributed by atoms with E-state index in [1.165, 1.54) is 5.56 Å². The zero-order valence-electron chi connectivity index (χ0n) is 12.9. The van der Waals surface area contributed by atoms with Gasteiger partial charge in [-0.15, -0.1) is 0 Å². The Kier molecular flexibility index (Phi) is 7.11. The number of hydrogen-bond donors (Lipinski definition) is 1. The highest BCUT2D eigenvalue weighted by Crippen LogP contribution is 2.18. The molecule has 0 aliphatic rings. The van der Waals surface area contributed by atoms with E-state index in [1.807, 2.05) is 18.2 Å². The molecule has 0 aliphatic heterocycles.